The first kappa shape index (κ1) is 7.68. The summed E-state index contributed by atoms with van der Waals surface area (Å²) >= 11 is 0. The number of pyridine rings is 1. The third-order valence-corrected chi connectivity index (χ3v) is 2.68. The first-order chi connectivity index (χ1) is 6.86. The van der Waals surface area contributed by atoms with Gasteiger partial charge in [-0.25, -0.2) is 4.99 Å². The Bertz CT molecular complexity index is 577. The molecule has 2 heterocycles. The molecule has 0 amide bonds. The van der Waals surface area contributed by atoms with Gasteiger partial charge in [-0.15, -0.1) is 0 Å². The maximum absolute atomic E-state index is 4.57. The van der Waals surface area contributed by atoms with Gasteiger partial charge in [-0.3, -0.25) is 4.98 Å². The number of aromatic nitrogens is 1. The van der Waals surface area contributed by atoms with Crippen LogP contribution in [-0.2, 0) is 0 Å². The molecule has 0 spiro atoms. The molecule has 0 radical (unpaired) electrons. The van der Waals surface area contributed by atoms with E-state index in [2.05, 4.69) is 28.2 Å². The maximum Gasteiger partial charge on any atom is 0.0746 e. The number of fused-ring (bicyclic) bond motifs is 2. The van der Waals surface area contributed by atoms with E-state index in [-0.39, 0.29) is 0 Å². The van der Waals surface area contributed by atoms with Crippen LogP contribution >= 0.6 is 0 Å². The fourth-order valence-electron chi connectivity index (χ4n) is 2.03. The molecule has 2 nitrogen and oxygen atoms in total. The number of rotatable bonds is 0. The van der Waals surface area contributed by atoms with Crippen LogP contribution < -0.4 is 10.6 Å². The zero-order chi connectivity index (χ0) is 9.54. The van der Waals surface area contributed by atoms with E-state index < -0.39 is 0 Å². The zero-order valence-electron chi connectivity index (χ0n) is 7.99. The van der Waals surface area contributed by atoms with Crippen LogP contribution in [0.15, 0.2) is 41.2 Å². The van der Waals surface area contributed by atoms with Crippen LogP contribution in [0.1, 0.15) is 12.1 Å². The van der Waals surface area contributed by atoms with E-state index in [9.17, 15) is 0 Å². The average Bonchev–Trinajstić information content (AvgIpc) is 2.57. The molecule has 0 fully saturated rings. The molecule has 2 heteroatoms. The van der Waals surface area contributed by atoms with Crippen molar-refractivity contribution < 1.29 is 0 Å². The van der Waals surface area contributed by atoms with Crippen LogP contribution in [0.2, 0.25) is 0 Å². The van der Waals surface area contributed by atoms with Crippen molar-refractivity contribution in [1.29, 1.82) is 0 Å². The van der Waals surface area contributed by atoms with Gasteiger partial charge in [-0.2, -0.15) is 0 Å². The summed E-state index contributed by atoms with van der Waals surface area (Å²) in [4.78, 5) is 8.88. The number of hydrogen-bond donors (Lipinski definition) is 0. The van der Waals surface area contributed by atoms with Crippen LogP contribution in [0.25, 0.3) is 5.57 Å². The molecule has 0 atom stereocenters. The Kier molecular flexibility index (Phi) is 1.45. The summed E-state index contributed by atoms with van der Waals surface area (Å²) in [6.07, 6.45) is 9.10. The van der Waals surface area contributed by atoms with Crippen LogP contribution in [-0.4, -0.2) is 4.98 Å². The van der Waals surface area contributed by atoms with Gasteiger partial charge in [-0.1, -0.05) is 12.2 Å². The molecule has 0 aromatic carbocycles. The Morgan fingerprint density at radius 1 is 1.36 bits per heavy atom. The highest BCUT2D eigenvalue weighted by Crippen LogP contribution is 2.21. The van der Waals surface area contributed by atoms with Crippen molar-refractivity contribution in [3.8, 4) is 0 Å². The molecule has 68 valence electrons. The monoisotopic (exact) mass is 182 g/mol. The minimum absolute atomic E-state index is 0.981. The topological polar surface area (TPSA) is 25.2 Å². The Morgan fingerprint density at radius 2 is 2.29 bits per heavy atom. The smallest absolute Gasteiger partial charge is 0.0746 e. The molecule has 3 rings (SSSR count). The predicted octanol–water partition coefficient (Wildman–Crippen LogP) is 1.02. The second kappa shape index (κ2) is 2.64. The van der Waals surface area contributed by atoms with Gasteiger partial charge in [0.05, 0.1) is 11.1 Å². The Morgan fingerprint density at radius 3 is 3.21 bits per heavy atom. The molecular weight excluding hydrogens is 172 g/mol. The summed E-state index contributed by atoms with van der Waals surface area (Å²) in [6, 6.07) is 1.98. The highest BCUT2D eigenvalue weighted by Gasteiger charge is 2.14. The molecule has 0 saturated heterocycles. The van der Waals surface area contributed by atoms with Crippen molar-refractivity contribution in [1.82, 2.24) is 4.98 Å². The molecule has 14 heavy (non-hydrogen) atoms. The van der Waals surface area contributed by atoms with Gasteiger partial charge in [0.25, 0.3) is 0 Å². The van der Waals surface area contributed by atoms with Gasteiger partial charge < -0.3 is 0 Å². The van der Waals surface area contributed by atoms with Gasteiger partial charge in [0, 0.05) is 17.1 Å². The van der Waals surface area contributed by atoms with Gasteiger partial charge in [0.2, 0.25) is 0 Å². The highest BCUT2D eigenvalue weighted by atomic mass is 14.8. The third-order valence-electron chi connectivity index (χ3n) is 2.68. The molecule has 0 N–H and O–H groups in total. The maximum atomic E-state index is 4.57. The summed E-state index contributed by atoms with van der Waals surface area (Å²) < 4.78 is 0. The standard InChI is InChI=1S/C12H10N2/c1-8-12-9-4-2-3-5-10(9)14-11(12)6-7-13-8/h2-3,5-7H,4H2,1H3. The molecule has 1 aromatic heterocycles. The van der Waals surface area contributed by atoms with Gasteiger partial charge >= 0.3 is 0 Å². The average molecular weight is 182 g/mol. The van der Waals surface area contributed by atoms with Crippen LogP contribution in [0.4, 0.5) is 0 Å². The summed E-state index contributed by atoms with van der Waals surface area (Å²) in [5.74, 6) is 0. The fraction of sp³-hybridized carbons (Fsp3) is 0.167. The van der Waals surface area contributed by atoms with Crippen molar-refractivity contribution in [2.24, 2.45) is 4.99 Å². The Hall–Kier alpha value is -1.70. The Balaban J connectivity index is 2.49. The normalized spacial score (nSPS) is 17.2. The van der Waals surface area contributed by atoms with Crippen molar-refractivity contribution in [3.05, 3.63) is 52.5 Å². The lowest BCUT2D eigenvalue weighted by Gasteiger charge is -2.04. The van der Waals surface area contributed by atoms with Crippen molar-refractivity contribution >= 4 is 5.57 Å². The minimum Gasteiger partial charge on any atom is -0.261 e. The van der Waals surface area contributed by atoms with E-state index in [0.29, 0.717) is 0 Å². The molecule has 0 saturated carbocycles. The number of aryl methyl sites for hydroxylation is 1. The molecule has 0 bridgehead atoms. The number of nitrogens with zero attached hydrogens (tertiary/aromatic N) is 2. The number of allylic oxidation sites excluding steroid dienone is 4. The quantitative estimate of drug-likeness (QED) is 0.588. The minimum atomic E-state index is 0.981. The lowest BCUT2D eigenvalue weighted by molar-refractivity contribution is 1.13. The summed E-state index contributed by atoms with van der Waals surface area (Å²) in [5, 5.41) is 2.31. The third kappa shape index (κ3) is 0.909. The first-order valence-corrected chi connectivity index (χ1v) is 4.77. The number of hydrogen-bond acceptors (Lipinski definition) is 2. The summed E-state index contributed by atoms with van der Waals surface area (Å²) in [6.45, 7) is 2.04. The second-order valence-corrected chi connectivity index (χ2v) is 3.57. The summed E-state index contributed by atoms with van der Waals surface area (Å²) in [5.41, 5.74) is 3.52. The van der Waals surface area contributed by atoms with Crippen LogP contribution in [0, 0.1) is 6.92 Å². The summed E-state index contributed by atoms with van der Waals surface area (Å²) in [7, 11) is 0. The van der Waals surface area contributed by atoms with Crippen LogP contribution in [0.5, 0.6) is 0 Å². The van der Waals surface area contributed by atoms with E-state index in [1.54, 1.807) is 0 Å². The van der Waals surface area contributed by atoms with Crippen molar-refractivity contribution in [2.45, 2.75) is 13.3 Å². The van der Waals surface area contributed by atoms with Gasteiger partial charge in [0.15, 0.2) is 0 Å². The molecule has 2 aliphatic rings. The van der Waals surface area contributed by atoms with Crippen molar-refractivity contribution in [2.75, 3.05) is 0 Å². The second-order valence-electron chi connectivity index (χ2n) is 3.57. The van der Waals surface area contributed by atoms with E-state index in [1.165, 1.54) is 10.8 Å². The highest BCUT2D eigenvalue weighted by molar-refractivity contribution is 5.69. The van der Waals surface area contributed by atoms with Crippen molar-refractivity contribution in [3.63, 3.8) is 0 Å². The molecule has 1 aliphatic carbocycles. The molecule has 0 unspecified atom stereocenters. The van der Waals surface area contributed by atoms with Crippen LogP contribution in [0.3, 0.4) is 0 Å². The van der Waals surface area contributed by atoms with Gasteiger partial charge in [0.1, 0.15) is 0 Å². The lowest BCUT2D eigenvalue weighted by Crippen LogP contribution is -2.27. The largest absolute Gasteiger partial charge is 0.261 e. The van der Waals surface area contributed by atoms with E-state index in [0.717, 1.165) is 23.2 Å². The molecule has 1 aromatic rings. The first-order valence-electron chi connectivity index (χ1n) is 4.77. The lowest BCUT2D eigenvalue weighted by atomic mass is 10.0. The predicted molar refractivity (Wildman–Crippen MR) is 55.0 cm³/mol. The molecule has 1 aliphatic heterocycles. The van der Waals surface area contributed by atoms with E-state index in [1.807, 2.05) is 19.2 Å². The zero-order valence-corrected chi connectivity index (χ0v) is 7.99. The fourth-order valence-corrected chi connectivity index (χ4v) is 2.03. The van der Waals surface area contributed by atoms with E-state index in [4.69, 9.17) is 0 Å². The SMILES string of the molecule is Cc1nccc2c1=C1CC=CC=C1N=2. The Labute approximate surface area is 82.0 Å². The molecular formula is C12H10N2. The van der Waals surface area contributed by atoms with Gasteiger partial charge in [-0.05, 0) is 31.1 Å². The van der Waals surface area contributed by atoms with E-state index >= 15 is 0 Å².